The van der Waals surface area contributed by atoms with Crippen LogP contribution in [0.15, 0.2) is 26.7 Å². The van der Waals surface area contributed by atoms with Crippen molar-refractivity contribution in [3.05, 3.63) is 28.0 Å². The summed E-state index contributed by atoms with van der Waals surface area (Å²) in [5.74, 6) is 0.284. The van der Waals surface area contributed by atoms with Gasteiger partial charge >= 0.3 is 0 Å². The summed E-state index contributed by atoms with van der Waals surface area (Å²) in [6.07, 6.45) is 0. The summed E-state index contributed by atoms with van der Waals surface area (Å²) in [7, 11) is 0. The highest BCUT2D eigenvalue weighted by molar-refractivity contribution is 9.10. The Morgan fingerprint density at radius 2 is 2.33 bits per heavy atom. The van der Waals surface area contributed by atoms with E-state index in [9.17, 15) is 4.39 Å². The second-order valence-corrected chi connectivity index (χ2v) is 4.76. The molecule has 0 spiro atoms. The van der Waals surface area contributed by atoms with Crippen LogP contribution in [0.4, 0.5) is 4.39 Å². The largest absolute Gasteiger partial charge is 0.409 e. The van der Waals surface area contributed by atoms with Crippen LogP contribution in [0, 0.1) is 5.82 Å². The summed E-state index contributed by atoms with van der Waals surface area (Å²) < 4.78 is 13.9. The molecule has 1 rings (SSSR count). The molecule has 1 aromatic carbocycles. The lowest BCUT2D eigenvalue weighted by Gasteiger charge is -2.07. The molecule has 0 aliphatic carbocycles. The molecule has 82 valence electrons. The van der Waals surface area contributed by atoms with E-state index in [0.717, 1.165) is 5.75 Å². The van der Waals surface area contributed by atoms with Gasteiger partial charge in [0.25, 0.3) is 0 Å². The Balaban J connectivity index is 3.21. The first-order valence-corrected chi connectivity index (χ1v) is 5.98. The van der Waals surface area contributed by atoms with E-state index < -0.39 is 0 Å². The molecule has 0 fully saturated rings. The molecule has 0 bridgehead atoms. The monoisotopic (exact) mass is 292 g/mol. The van der Waals surface area contributed by atoms with E-state index >= 15 is 0 Å². The van der Waals surface area contributed by atoms with Crippen molar-refractivity contribution in [2.45, 2.75) is 11.8 Å². The second-order valence-electron chi connectivity index (χ2n) is 2.66. The maximum absolute atomic E-state index is 13.7. The number of halogens is 2. The molecular formula is C9H10BrFN2OS. The maximum Gasteiger partial charge on any atom is 0.171 e. The average Bonchev–Trinajstić information content (AvgIpc) is 2.24. The molecule has 1 aromatic rings. The number of oxime groups is 1. The van der Waals surface area contributed by atoms with E-state index in [1.165, 1.54) is 11.8 Å². The minimum absolute atomic E-state index is 0.117. The molecule has 15 heavy (non-hydrogen) atoms. The van der Waals surface area contributed by atoms with Crippen molar-refractivity contribution < 1.29 is 9.60 Å². The quantitative estimate of drug-likeness (QED) is 0.296. The van der Waals surface area contributed by atoms with Crippen LogP contribution in [-0.2, 0) is 0 Å². The van der Waals surface area contributed by atoms with Gasteiger partial charge in [0, 0.05) is 10.5 Å². The number of thioether (sulfide) groups is 1. The fraction of sp³-hybridized carbons (Fsp3) is 0.222. The number of benzene rings is 1. The zero-order valence-corrected chi connectivity index (χ0v) is 10.4. The van der Waals surface area contributed by atoms with Gasteiger partial charge in [0.15, 0.2) is 11.7 Å². The van der Waals surface area contributed by atoms with Gasteiger partial charge in [-0.1, -0.05) is 12.1 Å². The van der Waals surface area contributed by atoms with Crippen LogP contribution < -0.4 is 5.73 Å². The van der Waals surface area contributed by atoms with Crippen LogP contribution in [0.25, 0.3) is 0 Å². The molecule has 0 heterocycles. The lowest BCUT2D eigenvalue weighted by atomic mass is 10.2. The van der Waals surface area contributed by atoms with Gasteiger partial charge in [0.2, 0.25) is 0 Å². The fourth-order valence-corrected chi connectivity index (χ4v) is 2.43. The molecule has 3 N–H and O–H groups in total. The number of nitrogens with zero attached hydrogens (tertiary/aromatic N) is 1. The first-order valence-electron chi connectivity index (χ1n) is 4.20. The summed E-state index contributed by atoms with van der Waals surface area (Å²) >= 11 is 4.48. The third-order valence-corrected chi connectivity index (χ3v) is 3.42. The zero-order valence-electron chi connectivity index (χ0n) is 8.00. The van der Waals surface area contributed by atoms with Crippen LogP contribution in [0.2, 0.25) is 0 Å². The maximum atomic E-state index is 13.7. The summed E-state index contributed by atoms with van der Waals surface area (Å²) in [5, 5.41) is 11.3. The summed E-state index contributed by atoms with van der Waals surface area (Å²) in [6.45, 7) is 1.94. The molecule has 6 heteroatoms. The molecule has 0 radical (unpaired) electrons. The van der Waals surface area contributed by atoms with Crippen molar-refractivity contribution in [2.24, 2.45) is 10.9 Å². The lowest BCUT2D eigenvalue weighted by Crippen LogP contribution is -2.14. The van der Waals surface area contributed by atoms with Gasteiger partial charge < -0.3 is 10.9 Å². The third kappa shape index (κ3) is 2.63. The van der Waals surface area contributed by atoms with Gasteiger partial charge in [-0.2, -0.15) is 0 Å². The number of nitrogens with two attached hydrogens (primary N) is 1. The van der Waals surface area contributed by atoms with Crippen molar-refractivity contribution in [1.82, 2.24) is 0 Å². The van der Waals surface area contributed by atoms with E-state index in [-0.39, 0.29) is 16.1 Å². The van der Waals surface area contributed by atoms with E-state index in [2.05, 4.69) is 21.1 Å². The minimum atomic E-state index is -0.383. The highest BCUT2D eigenvalue weighted by Crippen LogP contribution is 2.29. The Bertz CT molecular complexity index is 398. The van der Waals surface area contributed by atoms with Crippen LogP contribution in [-0.4, -0.2) is 16.8 Å². The average molecular weight is 293 g/mol. The predicted octanol–water partition coefficient (Wildman–Crippen LogP) is 2.79. The Morgan fingerprint density at radius 1 is 1.67 bits per heavy atom. The number of hydrogen-bond donors (Lipinski definition) is 2. The SMILES string of the molecule is CCSc1ccc(/C(N)=N/O)c(Br)c1F. The Hall–Kier alpha value is -0.750. The van der Waals surface area contributed by atoms with Crippen LogP contribution in [0.1, 0.15) is 12.5 Å². The highest BCUT2D eigenvalue weighted by Gasteiger charge is 2.13. The lowest BCUT2D eigenvalue weighted by molar-refractivity contribution is 0.318. The van der Waals surface area contributed by atoms with Gasteiger partial charge in [-0.3, -0.25) is 0 Å². The Morgan fingerprint density at radius 3 is 2.87 bits per heavy atom. The second kappa shape index (κ2) is 5.37. The zero-order chi connectivity index (χ0) is 11.4. The minimum Gasteiger partial charge on any atom is -0.409 e. The molecule has 0 saturated heterocycles. The Labute approximate surface area is 99.7 Å². The summed E-state index contributed by atoms with van der Waals surface area (Å²) in [6, 6.07) is 3.22. The first kappa shape index (κ1) is 12.3. The molecule has 0 atom stereocenters. The third-order valence-electron chi connectivity index (χ3n) is 1.73. The van der Waals surface area contributed by atoms with E-state index in [1.54, 1.807) is 12.1 Å². The molecule has 3 nitrogen and oxygen atoms in total. The van der Waals surface area contributed by atoms with Crippen LogP contribution >= 0.6 is 27.7 Å². The molecule has 0 amide bonds. The van der Waals surface area contributed by atoms with Gasteiger partial charge in [-0.05, 0) is 33.8 Å². The molecule has 0 aromatic heterocycles. The smallest absolute Gasteiger partial charge is 0.171 e. The normalized spacial score (nSPS) is 11.8. The Kier molecular flexibility index (Phi) is 4.41. The molecular weight excluding hydrogens is 283 g/mol. The van der Waals surface area contributed by atoms with Gasteiger partial charge in [0.05, 0.1) is 4.47 Å². The molecule has 0 unspecified atom stereocenters. The molecule has 0 aliphatic rings. The van der Waals surface area contributed by atoms with Crippen LogP contribution in [0.5, 0.6) is 0 Å². The summed E-state index contributed by atoms with van der Waals surface area (Å²) in [4.78, 5) is 0.541. The number of amidine groups is 1. The number of hydrogen-bond acceptors (Lipinski definition) is 3. The van der Waals surface area contributed by atoms with Crippen molar-refractivity contribution in [3.8, 4) is 0 Å². The van der Waals surface area contributed by atoms with Crippen molar-refractivity contribution in [2.75, 3.05) is 5.75 Å². The van der Waals surface area contributed by atoms with Gasteiger partial charge in [-0.25, -0.2) is 4.39 Å². The topological polar surface area (TPSA) is 58.6 Å². The number of rotatable bonds is 3. The van der Waals surface area contributed by atoms with E-state index in [0.29, 0.717) is 10.5 Å². The van der Waals surface area contributed by atoms with Crippen molar-refractivity contribution in [3.63, 3.8) is 0 Å². The fourth-order valence-electron chi connectivity index (χ4n) is 1.05. The highest BCUT2D eigenvalue weighted by atomic mass is 79.9. The van der Waals surface area contributed by atoms with E-state index in [1.807, 2.05) is 6.92 Å². The van der Waals surface area contributed by atoms with E-state index in [4.69, 9.17) is 10.9 Å². The predicted molar refractivity (Wildman–Crippen MR) is 63.0 cm³/mol. The first-order chi connectivity index (χ1) is 7.11. The van der Waals surface area contributed by atoms with Crippen molar-refractivity contribution in [1.29, 1.82) is 0 Å². The standard InChI is InChI=1S/C9H10BrFN2OS/c1-2-15-6-4-3-5(9(12)13-14)7(10)8(6)11/h3-4,14H,2H2,1H3,(H2,12,13). The van der Waals surface area contributed by atoms with Gasteiger partial charge in [-0.15, -0.1) is 11.8 Å². The van der Waals surface area contributed by atoms with Crippen LogP contribution in [0.3, 0.4) is 0 Å². The molecule has 0 saturated carbocycles. The molecule has 0 aliphatic heterocycles. The summed E-state index contributed by atoms with van der Waals surface area (Å²) in [5.41, 5.74) is 5.73. The van der Waals surface area contributed by atoms with Gasteiger partial charge in [0.1, 0.15) is 0 Å². The van der Waals surface area contributed by atoms with Crippen molar-refractivity contribution >= 4 is 33.5 Å².